The lowest BCUT2D eigenvalue weighted by molar-refractivity contribution is -0.140. The van der Waals surface area contributed by atoms with Crippen molar-refractivity contribution in [2.24, 2.45) is 0 Å². The van der Waals surface area contributed by atoms with Crippen molar-refractivity contribution in [3.63, 3.8) is 0 Å². The third kappa shape index (κ3) is 9.16. The zero-order chi connectivity index (χ0) is 30.2. The first-order chi connectivity index (χ1) is 19.4. The van der Waals surface area contributed by atoms with Crippen LogP contribution in [0.2, 0.25) is 5.02 Å². The zero-order valence-corrected chi connectivity index (χ0v) is 25.3. The number of carbonyl (C=O) groups is 3. The summed E-state index contributed by atoms with van der Waals surface area (Å²) in [4.78, 5) is 41.2. The predicted molar refractivity (Wildman–Crippen MR) is 162 cm³/mol. The second kappa shape index (κ2) is 14.3. The highest BCUT2D eigenvalue weighted by Gasteiger charge is 2.33. The fourth-order valence-electron chi connectivity index (χ4n) is 4.32. The van der Waals surface area contributed by atoms with E-state index in [1.54, 1.807) is 36.4 Å². The van der Waals surface area contributed by atoms with Gasteiger partial charge in [-0.2, -0.15) is 0 Å². The molecule has 1 N–H and O–H groups in total. The zero-order valence-electron chi connectivity index (χ0n) is 23.7. The molecule has 2 amide bonds. The fourth-order valence-corrected chi connectivity index (χ4v) is 5.38. The first kappa shape index (κ1) is 31.8. The summed E-state index contributed by atoms with van der Waals surface area (Å²) >= 11 is 6.23. The van der Waals surface area contributed by atoms with Crippen LogP contribution in [0.15, 0.2) is 78.9 Å². The number of hydrogen-bond donors (Lipinski definition) is 1. The lowest BCUT2D eigenvalue weighted by Crippen LogP contribution is -2.54. The Morgan fingerprint density at radius 2 is 1.59 bits per heavy atom. The molecule has 0 unspecified atom stereocenters. The van der Waals surface area contributed by atoms with E-state index in [0.717, 1.165) is 16.1 Å². The highest BCUT2D eigenvalue weighted by atomic mass is 35.5. The molecule has 0 bridgehead atoms. The molecule has 0 aliphatic rings. The molecule has 0 radical (unpaired) electrons. The summed E-state index contributed by atoms with van der Waals surface area (Å²) in [6, 6.07) is 21.3. The van der Waals surface area contributed by atoms with Gasteiger partial charge in [0.05, 0.1) is 11.9 Å². The van der Waals surface area contributed by atoms with Crippen LogP contribution < -0.4 is 9.62 Å². The maximum atomic E-state index is 14.1. The Bertz CT molecular complexity index is 1480. The van der Waals surface area contributed by atoms with E-state index in [9.17, 15) is 22.8 Å². The number of benzene rings is 3. The van der Waals surface area contributed by atoms with Gasteiger partial charge in [-0.15, -0.1) is 0 Å². The number of nitrogens with one attached hydrogen (secondary N) is 1. The number of sulfonamides is 1. The van der Waals surface area contributed by atoms with Crippen LogP contribution in [-0.4, -0.2) is 55.8 Å². The first-order valence-electron chi connectivity index (χ1n) is 13.4. The van der Waals surface area contributed by atoms with Gasteiger partial charge in [-0.1, -0.05) is 73.1 Å². The molecular formula is C31H36ClN3O5S. The van der Waals surface area contributed by atoms with Gasteiger partial charge in [0.25, 0.3) is 0 Å². The molecule has 8 nitrogen and oxygen atoms in total. The maximum Gasteiger partial charge on any atom is 0.244 e. The van der Waals surface area contributed by atoms with E-state index in [1.165, 1.54) is 24.0 Å². The first-order valence-corrected chi connectivity index (χ1v) is 15.6. The molecule has 3 rings (SSSR count). The molecular weight excluding hydrogens is 562 g/mol. The standard InChI is InChI=1S/C31H36ClN3O5S/c1-5-22(2)33-31(38)29(18-24-11-7-6-8-12-24)34(20-25-13-9-15-27(32)17-25)30(37)21-35(41(4,39)40)28-16-10-14-26(19-28)23(3)36/h6-17,19,22,29H,5,18,20-21H2,1-4H3,(H,33,38)/t22-,29-/m1/s1. The minimum Gasteiger partial charge on any atom is -0.352 e. The lowest BCUT2D eigenvalue weighted by Gasteiger charge is -2.34. The summed E-state index contributed by atoms with van der Waals surface area (Å²) in [5, 5.41) is 3.46. The minimum absolute atomic E-state index is 0.0237. The molecule has 0 aliphatic carbocycles. The van der Waals surface area contributed by atoms with Crippen LogP contribution in [-0.2, 0) is 32.6 Å². The highest BCUT2D eigenvalue weighted by Crippen LogP contribution is 2.22. The molecule has 0 saturated carbocycles. The summed E-state index contributed by atoms with van der Waals surface area (Å²) in [6.07, 6.45) is 1.91. The Morgan fingerprint density at radius 1 is 0.927 bits per heavy atom. The van der Waals surface area contributed by atoms with Gasteiger partial charge in [-0.25, -0.2) is 8.42 Å². The van der Waals surface area contributed by atoms with Crippen LogP contribution in [0.1, 0.15) is 48.7 Å². The van der Waals surface area contributed by atoms with Crippen molar-refractivity contribution in [3.8, 4) is 0 Å². The molecule has 3 aromatic carbocycles. The van der Waals surface area contributed by atoms with Gasteiger partial charge >= 0.3 is 0 Å². The number of halogens is 1. The Hall–Kier alpha value is -3.69. The van der Waals surface area contributed by atoms with Crippen molar-refractivity contribution < 1.29 is 22.8 Å². The summed E-state index contributed by atoms with van der Waals surface area (Å²) in [6.45, 7) is 4.67. The minimum atomic E-state index is -3.94. The smallest absolute Gasteiger partial charge is 0.244 e. The normalized spacial score (nSPS) is 12.7. The van der Waals surface area contributed by atoms with E-state index in [0.29, 0.717) is 22.6 Å². The number of anilines is 1. The van der Waals surface area contributed by atoms with Crippen molar-refractivity contribution in [2.75, 3.05) is 17.1 Å². The molecule has 3 aromatic rings. The van der Waals surface area contributed by atoms with Crippen LogP contribution in [0.4, 0.5) is 5.69 Å². The molecule has 0 saturated heterocycles. The van der Waals surface area contributed by atoms with Crippen molar-refractivity contribution in [1.82, 2.24) is 10.2 Å². The van der Waals surface area contributed by atoms with Gasteiger partial charge in [0.2, 0.25) is 21.8 Å². The SMILES string of the molecule is CC[C@@H](C)NC(=O)[C@@H](Cc1ccccc1)N(Cc1cccc(Cl)c1)C(=O)CN(c1cccc(C(C)=O)c1)S(C)(=O)=O. The van der Waals surface area contributed by atoms with Crippen LogP contribution >= 0.6 is 11.6 Å². The van der Waals surface area contributed by atoms with Crippen molar-refractivity contribution in [2.45, 2.75) is 52.2 Å². The molecule has 0 spiro atoms. The van der Waals surface area contributed by atoms with E-state index < -0.39 is 28.5 Å². The maximum absolute atomic E-state index is 14.1. The van der Waals surface area contributed by atoms with E-state index in [4.69, 9.17) is 11.6 Å². The number of rotatable bonds is 13. The second-order valence-corrected chi connectivity index (χ2v) is 12.4. The molecule has 0 aliphatic heterocycles. The van der Waals surface area contributed by atoms with E-state index in [2.05, 4.69) is 5.32 Å². The topological polar surface area (TPSA) is 104 Å². The quantitative estimate of drug-likeness (QED) is 0.283. The summed E-state index contributed by atoms with van der Waals surface area (Å²) < 4.78 is 26.8. The molecule has 41 heavy (non-hydrogen) atoms. The average Bonchev–Trinajstić information content (AvgIpc) is 2.93. The third-order valence-corrected chi connectivity index (χ3v) is 8.11. The van der Waals surface area contributed by atoms with Crippen LogP contribution in [0.25, 0.3) is 0 Å². The molecule has 0 aromatic heterocycles. The van der Waals surface area contributed by atoms with E-state index in [-0.39, 0.29) is 36.4 Å². The van der Waals surface area contributed by atoms with Gasteiger partial charge in [-0.3, -0.25) is 18.7 Å². The Kier molecular flexibility index (Phi) is 11.1. The van der Waals surface area contributed by atoms with Crippen LogP contribution in [0.5, 0.6) is 0 Å². The van der Waals surface area contributed by atoms with Gasteiger partial charge in [0.15, 0.2) is 5.78 Å². The monoisotopic (exact) mass is 597 g/mol. The predicted octanol–water partition coefficient (Wildman–Crippen LogP) is 4.86. The summed E-state index contributed by atoms with van der Waals surface area (Å²) in [7, 11) is -3.94. The molecule has 0 heterocycles. The Labute approximate surface area is 247 Å². The number of nitrogens with zero attached hydrogens (tertiary/aromatic N) is 2. The van der Waals surface area contributed by atoms with Gasteiger partial charge in [0, 0.05) is 29.6 Å². The fraction of sp³-hybridized carbons (Fsp3) is 0.323. The second-order valence-electron chi connectivity index (χ2n) is 10.1. The van der Waals surface area contributed by atoms with Crippen molar-refractivity contribution >= 4 is 44.9 Å². The summed E-state index contributed by atoms with van der Waals surface area (Å²) in [5.41, 5.74) is 2.02. The van der Waals surface area contributed by atoms with Crippen molar-refractivity contribution in [1.29, 1.82) is 0 Å². The molecule has 2 atom stereocenters. The lowest BCUT2D eigenvalue weighted by atomic mass is 10.0. The number of ketones is 1. The van der Waals surface area contributed by atoms with E-state index in [1.807, 2.05) is 44.2 Å². The molecule has 0 fully saturated rings. The van der Waals surface area contributed by atoms with Gasteiger partial charge in [-0.05, 0) is 55.7 Å². The van der Waals surface area contributed by atoms with Gasteiger partial charge in [0.1, 0.15) is 12.6 Å². The Balaban J connectivity index is 2.08. The molecule has 218 valence electrons. The summed E-state index contributed by atoms with van der Waals surface area (Å²) in [5.74, 6) is -1.16. The highest BCUT2D eigenvalue weighted by molar-refractivity contribution is 7.92. The van der Waals surface area contributed by atoms with Gasteiger partial charge < -0.3 is 10.2 Å². The van der Waals surface area contributed by atoms with Crippen LogP contribution in [0.3, 0.4) is 0 Å². The number of Topliss-reactive ketones (excluding diaryl/α,β-unsaturated/α-hetero) is 1. The molecule has 10 heteroatoms. The number of amides is 2. The third-order valence-electron chi connectivity index (χ3n) is 6.73. The van der Waals surface area contributed by atoms with E-state index >= 15 is 0 Å². The number of hydrogen-bond acceptors (Lipinski definition) is 5. The largest absolute Gasteiger partial charge is 0.352 e. The van der Waals surface area contributed by atoms with Crippen LogP contribution in [0, 0.1) is 0 Å². The Morgan fingerprint density at radius 3 is 2.20 bits per heavy atom. The van der Waals surface area contributed by atoms with Crippen molar-refractivity contribution in [3.05, 3.63) is 101 Å². The number of carbonyl (C=O) groups excluding carboxylic acids is 3. The average molecular weight is 598 g/mol.